The number of hydrogen-bond donors (Lipinski definition) is 1. The molecule has 15 heavy (non-hydrogen) atoms. The number of carbonyl (C=O) groups is 1. The van der Waals surface area contributed by atoms with Crippen LogP contribution in [0.2, 0.25) is 0 Å². The summed E-state index contributed by atoms with van der Waals surface area (Å²) in [5.41, 5.74) is 2.25. The van der Waals surface area contributed by atoms with Crippen LogP contribution in [-0.2, 0) is 16.7 Å². The number of rotatable bonds is 1. The van der Waals surface area contributed by atoms with Gasteiger partial charge in [-0.15, -0.1) is 0 Å². The number of hydrogen-bond acceptors (Lipinski definition) is 2. The van der Waals surface area contributed by atoms with Crippen molar-refractivity contribution in [1.82, 2.24) is 5.32 Å². The molecule has 1 aliphatic rings. The minimum atomic E-state index is -0.366. The second-order valence-electron chi connectivity index (χ2n) is 4.11. The van der Waals surface area contributed by atoms with Gasteiger partial charge in [-0.3, -0.25) is 0 Å². The van der Waals surface area contributed by atoms with Crippen LogP contribution in [0.15, 0.2) is 24.3 Å². The predicted molar refractivity (Wildman–Crippen MR) is 57.7 cm³/mol. The summed E-state index contributed by atoms with van der Waals surface area (Å²) in [6.45, 7) is 2.04. The molecule has 0 saturated carbocycles. The second-order valence-corrected chi connectivity index (χ2v) is 4.11. The Kier molecular flexibility index (Phi) is 2.39. The number of nitrogens with one attached hydrogen (secondary N) is 1. The number of fused-ring (bicyclic) bond motifs is 1. The van der Waals surface area contributed by atoms with Gasteiger partial charge in [-0.05, 0) is 30.9 Å². The third kappa shape index (κ3) is 1.69. The first-order valence-electron chi connectivity index (χ1n) is 5.10. The molecule has 0 fully saturated rings. The summed E-state index contributed by atoms with van der Waals surface area (Å²) >= 11 is 0. The predicted octanol–water partition coefficient (Wildman–Crippen LogP) is 2.20. The van der Waals surface area contributed by atoms with Crippen LogP contribution < -0.4 is 5.32 Å². The molecule has 0 radical (unpaired) electrons. The monoisotopic (exact) mass is 205 g/mol. The van der Waals surface area contributed by atoms with Crippen molar-refractivity contribution in [2.45, 2.75) is 25.3 Å². The molecule has 2 rings (SSSR count). The van der Waals surface area contributed by atoms with Gasteiger partial charge in [0, 0.05) is 0 Å². The quantitative estimate of drug-likeness (QED) is 0.763. The van der Waals surface area contributed by atoms with Crippen molar-refractivity contribution < 1.29 is 9.53 Å². The molecule has 0 aromatic heterocycles. The van der Waals surface area contributed by atoms with E-state index >= 15 is 0 Å². The molecule has 3 heteroatoms. The molecule has 0 spiro atoms. The molecule has 1 unspecified atom stereocenters. The number of ether oxygens (including phenoxy) is 1. The molecule has 1 aliphatic carbocycles. The van der Waals surface area contributed by atoms with E-state index in [0.717, 1.165) is 12.8 Å². The van der Waals surface area contributed by atoms with Crippen LogP contribution in [0.3, 0.4) is 0 Å². The molecule has 0 bridgehead atoms. The van der Waals surface area contributed by atoms with E-state index in [1.165, 1.54) is 18.2 Å². The van der Waals surface area contributed by atoms with Gasteiger partial charge in [0.25, 0.3) is 0 Å². The number of alkyl carbamates (subject to hydrolysis) is 1. The number of carbonyl (C=O) groups excluding carboxylic acids is 1. The third-order valence-corrected chi connectivity index (χ3v) is 3.07. The van der Waals surface area contributed by atoms with Gasteiger partial charge in [-0.25, -0.2) is 4.79 Å². The van der Waals surface area contributed by atoms with Crippen molar-refractivity contribution in [3.8, 4) is 0 Å². The standard InChI is InChI=1S/C12H15NO2/c1-12(13-11(14)15-2)8-7-9-5-3-4-6-10(9)12/h3-6H,7-8H2,1-2H3,(H,13,14). The number of amides is 1. The van der Waals surface area contributed by atoms with Gasteiger partial charge in [-0.1, -0.05) is 24.3 Å². The van der Waals surface area contributed by atoms with Gasteiger partial charge >= 0.3 is 6.09 Å². The van der Waals surface area contributed by atoms with Crippen molar-refractivity contribution in [2.24, 2.45) is 0 Å². The topological polar surface area (TPSA) is 38.3 Å². The summed E-state index contributed by atoms with van der Waals surface area (Å²) in [4.78, 5) is 11.2. The average molecular weight is 205 g/mol. The van der Waals surface area contributed by atoms with Gasteiger partial charge < -0.3 is 10.1 Å². The zero-order valence-corrected chi connectivity index (χ0v) is 9.04. The van der Waals surface area contributed by atoms with Gasteiger partial charge in [0.1, 0.15) is 0 Å². The summed E-state index contributed by atoms with van der Waals surface area (Å²) in [7, 11) is 1.39. The molecule has 1 N–H and O–H groups in total. The fourth-order valence-corrected chi connectivity index (χ4v) is 2.20. The van der Waals surface area contributed by atoms with Crippen LogP contribution >= 0.6 is 0 Å². The van der Waals surface area contributed by atoms with Gasteiger partial charge in [0.05, 0.1) is 12.6 Å². The van der Waals surface area contributed by atoms with Crippen molar-refractivity contribution in [3.63, 3.8) is 0 Å². The summed E-state index contributed by atoms with van der Waals surface area (Å²) in [6, 6.07) is 8.21. The molecule has 80 valence electrons. The molecule has 0 aliphatic heterocycles. The molecule has 1 aromatic rings. The van der Waals surface area contributed by atoms with Crippen molar-refractivity contribution in [2.75, 3.05) is 7.11 Å². The molecule has 3 nitrogen and oxygen atoms in total. The maximum Gasteiger partial charge on any atom is 0.407 e. The van der Waals surface area contributed by atoms with Crippen LogP contribution in [0, 0.1) is 0 Å². The minimum absolute atomic E-state index is 0.274. The third-order valence-electron chi connectivity index (χ3n) is 3.07. The van der Waals surface area contributed by atoms with Crippen molar-refractivity contribution in [3.05, 3.63) is 35.4 Å². The molecule has 1 atom stereocenters. The van der Waals surface area contributed by atoms with Crippen LogP contribution in [-0.4, -0.2) is 13.2 Å². The first-order chi connectivity index (χ1) is 7.15. The lowest BCUT2D eigenvalue weighted by Crippen LogP contribution is -2.41. The Bertz CT molecular complexity index is 389. The van der Waals surface area contributed by atoms with E-state index in [0.29, 0.717) is 0 Å². The number of benzene rings is 1. The molecule has 0 saturated heterocycles. The Balaban J connectivity index is 2.28. The van der Waals surface area contributed by atoms with E-state index in [2.05, 4.69) is 22.2 Å². The Hall–Kier alpha value is -1.51. The first kappa shape index (κ1) is 10.0. The minimum Gasteiger partial charge on any atom is -0.453 e. The molecular formula is C12H15NO2. The first-order valence-corrected chi connectivity index (χ1v) is 5.10. The maximum atomic E-state index is 11.2. The van der Waals surface area contributed by atoms with E-state index in [1.54, 1.807) is 0 Å². The normalized spacial score (nSPS) is 23.3. The van der Waals surface area contributed by atoms with Crippen molar-refractivity contribution >= 4 is 6.09 Å². The highest BCUT2D eigenvalue weighted by molar-refractivity contribution is 5.69. The largest absolute Gasteiger partial charge is 0.453 e. The lowest BCUT2D eigenvalue weighted by molar-refractivity contribution is 0.157. The highest BCUT2D eigenvalue weighted by Crippen LogP contribution is 2.36. The zero-order valence-electron chi connectivity index (χ0n) is 9.04. The SMILES string of the molecule is COC(=O)NC1(C)CCc2ccccc21. The van der Waals surface area contributed by atoms with Crippen LogP contribution in [0.5, 0.6) is 0 Å². The van der Waals surface area contributed by atoms with E-state index in [4.69, 9.17) is 0 Å². The van der Waals surface area contributed by atoms with E-state index in [9.17, 15) is 4.79 Å². The van der Waals surface area contributed by atoms with Gasteiger partial charge in [-0.2, -0.15) is 0 Å². The average Bonchev–Trinajstić information content (AvgIpc) is 2.57. The molecule has 1 amide bonds. The van der Waals surface area contributed by atoms with Gasteiger partial charge in [0.15, 0.2) is 0 Å². The van der Waals surface area contributed by atoms with Crippen molar-refractivity contribution in [1.29, 1.82) is 0 Å². The van der Waals surface area contributed by atoms with Crippen LogP contribution in [0.1, 0.15) is 24.5 Å². The summed E-state index contributed by atoms with van der Waals surface area (Å²) in [6.07, 6.45) is 1.58. The second kappa shape index (κ2) is 3.57. The maximum absolute atomic E-state index is 11.2. The fraction of sp³-hybridized carbons (Fsp3) is 0.417. The summed E-state index contributed by atoms with van der Waals surface area (Å²) in [5.74, 6) is 0. The zero-order chi connectivity index (χ0) is 10.9. The van der Waals surface area contributed by atoms with E-state index in [-0.39, 0.29) is 11.6 Å². The lowest BCUT2D eigenvalue weighted by Gasteiger charge is -2.26. The molecule has 0 heterocycles. The highest BCUT2D eigenvalue weighted by atomic mass is 16.5. The van der Waals surface area contributed by atoms with Gasteiger partial charge in [0.2, 0.25) is 0 Å². The Morgan fingerprint density at radius 2 is 2.20 bits per heavy atom. The Morgan fingerprint density at radius 1 is 1.47 bits per heavy atom. The highest BCUT2D eigenvalue weighted by Gasteiger charge is 2.35. The molecule has 1 aromatic carbocycles. The fourth-order valence-electron chi connectivity index (χ4n) is 2.20. The van der Waals surface area contributed by atoms with E-state index in [1.807, 2.05) is 19.1 Å². The molecular weight excluding hydrogens is 190 g/mol. The summed E-state index contributed by atoms with van der Waals surface area (Å²) < 4.78 is 4.64. The lowest BCUT2D eigenvalue weighted by atomic mass is 9.94. The summed E-state index contributed by atoms with van der Waals surface area (Å²) in [5, 5.41) is 2.90. The Labute approximate surface area is 89.4 Å². The smallest absolute Gasteiger partial charge is 0.407 e. The van der Waals surface area contributed by atoms with Crippen LogP contribution in [0.4, 0.5) is 4.79 Å². The number of methoxy groups -OCH3 is 1. The Morgan fingerprint density at radius 3 is 2.93 bits per heavy atom. The van der Waals surface area contributed by atoms with Crippen LogP contribution in [0.25, 0.3) is 0 Å². The number of aryl methyl sites for hydroxylation is 1. The van der Waals surface area contributed by atoms with E-state index < -0.39 is 0 Å².